The second kappa shape index (κ2) is 4.73. The maximum Gasteiger partial charge on any atom is 0.522 e. The predicted octanol–water partition coefficient (Wildman–Crippen LogP) is 1.18. The van der Waals surface area contributed by atoms with E-state index in [1.54, 1.807) is 0 Å². The van der Waals surface area contributed by atoms with Crippen LogP contribution in [0.25, 0.3) is 0 Å². The van der Waals surface area contributed by atoms with Gasteiger partial charge in [0.1, 0.15) is 0 Å². The van der Waals surface area contributed by atoms with Gasteiger partial charge in [0, 0.05) is 9.52 Å². The molecule has 0 atom stereocenters. The zero-order valence-electron chi connectivity index (χ0n) is 5.81. The van der Waals surface area contributed by atoms with Crippen LogP contribution in [0, 0.1) is 0 Å². The number of hydrogen-bond acceptors (Lipinski definition) is 2. The van der Waals surface area contributed by atoms with Crippen LogP contribution >= 0.6 is 0 Å². The van der Waals surface area contributed by atoms with E-state index in [0.29, 0.717) is 0 Å². The molecule has 0 spiro atoms. The lowest BCUT2D eigenvalue weighted by Gasteiger charge is -1.97. The van der Waals surface area contributed by atoms with Crippen LogP contribution in [0.15, 0.2) is 0 Å². The zero-order chi connectivity index (χ0) is 9.71. The fourth-order valence-corrected chi connectivity index (χ4v) is 0. The molecule has 8 heteroatoms. The van der Waals surface area contributed by atoms with Gasteiger partial charge < -0.3 is 0 Å². The average molecular weight is 208 g/mol. The first-order chi connectivity index (χ1) is 4.66. The van der Waals surface area contributed by atoms with Crippen molar-refractivity contribution in [1.29, 1.82) is 0 Å². The third kappa shape index (κ3) is 7.82. The van der Waals surface area contributed by atoms with Crippen LogP contribution in [0.3, 0.4) is 0 Å². The van der Waals surface area contributed by atoms with Crippen molar-refractivity contribution in [2.24, 2.45) is 0 Å². The second-order valence-corrected chi connectivity index (χ2v) is 3.83. The van der Waals surface area contributed by atoms with Gasteiger partial charge in [-0.25, -0.2) is 0 Å². The highest BCUT2D eigenvalue weighted by atomic mass is 32.2. The van der Waals surface area contributed by atoms with E-state index in [2.05, 4.69) is 13.1 Å². The van der Waals surface area contributed by atoms with Crippen molar-refractivity contribution in [2.75, 3.05) is 0 Å². The summed E-state index contributed by atoms with van der Waals surface area (Å²) in [6, 6.07) is 0. The van der Waals surface area contributed by atoms with Gasteiger partial charge in [0.15, 0.2) is 0 Å². The molecule has 0 aromatic rings. The van der Waals surface area contributed by atoms with E-state index in [-0.39, 0.29) is 0 Å². The fraction of sp³-hybridized carbons (Fsp3) is 1.00. The molecule has 0 fully saturated rings. The van der Waals surface area contributed by atoms with Gasteiger partial charge >= 0.3 is 15.6 Å². The maximum absolute atomic E-state index is 10.7. The third-order valence-corrected chi connectivity index (χ3v) is 0.877. The van der Waals surface area contributed by atoms with Crippen molar-refractivity contribution in [2.45, 2.75) is 18.6 Å². The molecular formula is C3H7F3O3SSi. The number of rotatable bonds is 0. The van der Waals surface area contributed by atoms with Crippen molar-refractivity contribution < 1.29 is 26.1 Å². The lowest BCUT2D eigenvalue weighted by atomic mass is 11.6. The Morgan fingerprint density at radius 3 is 1.36 bits per heavy atom. The largest absolute Gasteiger partial charge is 0.522 e. The first kappa shape index (κ1) is 13.5. The standard InChI is InChI=1S/C2H6Si.CHF3O3S/c1-3-2;2-1(3,4)8(5,6)7/h1-2H3;(H,5,6,7). The molecule has 0 rings (SSSR count). The Labute approximate surface area is 65.2 Å². The predicted molar refractivity (Wildman–Crippen MR) is 35.1 cm³/mol. The molecule has 0 unspecified atom stereocenters. The van der Waals surface area contributed by atoms with Crippen molar-refractivity contribution in [3.05, 3.63) is 0 Å². The SMILES string of the molecule is C[Si]C.O=S(=O)(O)C(F)(F)F. The minimum absolute atomic E-state index is 1.08. The van der Waals surface area contributed by atoms with E-state index < -0.39 is 15.6 Å². The van der Waals surface area contributed by atoms with E-state index >= 15 is 0 Å². The Morgan fingerprint density at radius 2 is 1.36 bits per heavy atom. The topological polar surface area (TPSA) is 54.4 Å². The Morgan fingerprint density at radius 1 is 1.27 bits per heavy atom. The molecular weight excluding hydrogens is 201 g/mol. The molecule has 68 valence electrons. The van der Waals surface area contributed by atoms with Crippen LogP contribution in [0.4, 0.5) is 13.2 Å². The quantitative estimate of drug-likeness (QED) is 0.369. The molecule has 0 heterocycles. The minimum atomic E-state index is -5.84. The highest BCUT2D eigenvalue weighted by Crippen LogP contribution is 2.20. The molecule has 0 saturated heterocycles. The highest BCUT2D eigenvalue weighted by Gasteiger charge is 2.44. The summed E-state index contributed by atoms with van der Waals surface area (Å²) < 4.78 is 57.5. The smallest absolute Gasteiger partial charge is 0.279 e. The van der Waals surface area contributed by atoms with Crippen molar-refractivity contribution in [3.63, 3.8) is 0 Å². The van der Waals surface area contributed by atoms with E-state index in [9.17, 15) is 13.2 Å². The van der Waals surface area contributed by atoms with E-state index in [1.807, 2.05) is 0 Å². The Hall–Kier alpha value is -0.0831. The van der Waals surface area contributed by atoms with Crippen molar-refractivity contribution in [1.82, 2.24) is 0 Å². The Bertz CT molecular complexity index is 184. The van der Waals surface area contributed by atoms with Crippen molar-refractivity contribution in [3.8, 4) is 0 Å². The van der Waals surface area contributed by atoms with Gasteiger partial charge in [0.05, 0.1) is 0 Å². The second-order valence-electron chi connectivity index (χ2n) is 1.42. The first-order valence-electron chi connectivity index (χ1n) is 2.29. The lowest BCUT2D eigenvalue weighted by molar-refractivity contribution is -0.0510. The highest BCUT2D eigenvalue weighted by molar-refractivity contribution is 7.86. The molecule has 11 heavy (non-hydrogen) atoms. The van der Waals surface area contributed by atoms with Gasteiger partial charge in [0.2, 0.25) is 0 Å². The lowest BCUT2D eigenvalue weighted by Crippen LogP contribution is -2.21. The molecule has 1 N–H and O–H groups in total. The summed E-state index contributed by atoms with van der Waals surface area (Å²) in [5.41, 5.74) is -5.53. The molecule has 0 aromatic heterocycles. The maximum atomic E-state index is 10.7. The molecule has 0 amide bonds. The summed E-state index contributed by atoms with van der Waals surface area (Å²) in [5, 5.41) is 0. The summed E-state index contributed by atoms with van der Waals surface area (Å²) in [6.07, 6.45) is 0. The van der Waals surface area contributed by atoms with E-state index in [1.165, 1.54) is 0 Å². The average Bonchev–Trinajstić information content (AvgIpc) is 1.60. The van der Waals surface area contributed by atoms with Crippen LogP contribution in [0.5, 0.6) is 0 Å². The Balaban J connectivity index is 0. The minimum Gasteiger partial charge on any atom is -0.279 e. The van der Waals surface area contributed by atoms with Crippen LogP contribution in [0.1, 0.15) is 0 Å². The molecule has 0 aliphatic rings. The molecule has 0 aliphatic carbocycles. The molecule has 3 nitrogen and oxygen atoms in total. The molecule has 0 aliphatic heterocycles. The van der Waals surface area contributed by atoms with E-state index in [4.69, 9.17) is 13.0 Å². The number of alkyl halides is 3. The van der Waals surface area contributed by atoms with Gasteiger partial charge in [-0.1, -0.05) is 13.1 Å². The summed E-state index contributed by atoms with van der Waals surface area (Å²) in [7, 11) is -4.76. The number of halogens is 3. The monoisotopic (exact) mass is 208 g/mol. The fourth-order valence-electron chi connectivity index (χ4n) is 0. The van der Waals surface area contributed by atoms with Crippen LogP contribution in [0.2, 0.25) is 13.1 Å². The molecule has 0 aromatic carbocycles. The zero-order valence-corrected chi connectivity index (χ0v) is 7.62. The van der Waals surface area contributed by atoms with Crippen LogP contribution in [-0.4, -0.2) is 28.0 Å². The van der Waals surface area contributed by atoms with Gasteiger partial charge in [-0.05, 0) is 0 Å². The van der Waals surface area contributed by atoms with Gasteiger partial charge in [0.25, 0.3) is 0 Å². The summed E-state index contributed by atoms with van der Waals surface area (Å²) >= 11 is 0. The first-order valence-corrected chi connectivity index (χ1v) is 5.73. The molecule has 0 bridgehead atoms. The summed E-state index contributed by atoms with van der Waals surface area (Å²) in [4.78, 5) is 0. The van der Waals surface area contributed by atoms with Gasteiger partial charge in [-0.3, -0.25) is 4.55 Å². The van der Waals surface area contributed by atoms with Crippen LogP contribution in [-0.2, 0) is 10.1 Å². The Kier molecular flexibility index (Phi) is 5.80. The van der Waals surface area contributed by atoms with E-state index in [0.717, 1.165) is 9.52 Å². The normalized spacial score (nSPS) is 11.8. The van der Waals surface area contributed by atoms with Gasteiger partial charge in [-0.15, -0.1) is 0 Å². The summed E-state index contributed by atoms with van der Waals surface area (Å²) in [5.74, 6) is 0. The van der Waals surface area contributed by atoms with Crippen LogP contribution < -0.4 is 0 Å². The molecule has 0 saturated carbocycles. The molecule has 2 radical (unpaired) electrons. The third-order valence-electron chi connectivity index (χ3n) is 0.292. The van der Waals surface area contributed by atoms with Crippen molar-refractivity contribution >= 4 is 19.6 Å². The summed E-state index contributed by atoms with van der Waals surface area (Å²) in [6.45, 7) is 4.31. The van der Waals surface area contributed by atoms with Gasteiger partial charge in [-0.2, -0.15) is 21.6 Å². The number of hydrogen-bond donors (Lipinski definition) is 1.